The van der Waals surface area contributed by atoms with Crippen molar-refractivity contribution < 1.29 is 14.3 Å². The van der Waals surface area contributed by atoms with Crippen LogP contribution in [0.15, 0.2) is 24.3 Å². The quantitative estimate of drug-likeness (QED) is 0.781. The van der Waals surface area contributed by atoms with E-state index in [2.05, 4.69) is 16.7 Å². The molecule has 0 radical (unpaired) electrons. The molecule has 1 saturated heterocycles. The molecule has 2 fully saturated rings. The Morgan fingerprint density at radius 1 is 1.23 bits per heavy atom. The highest BCUT2D eigenvalue weighted by atomic mass is 16.5. The molecule has 1 aliphatic heterocycles. The summed E-state index contributed by atoms with van der Waals surface area (Å²) in [7, 11) is 1.67. The number of anilines is 1. The standard InChI is InChI=1S/C21H32N2O3/c1-25-16-21(10-12-22-13-11-21)20(24)23-18-7-5-6-17(14-18)15-26-19-8-3-2-4-9-19/h5-7,14,19,22H,2-4,8-13,15-16H2,1H3,(H,23,24). The first-order chi connectivity index (χ1) is 12.7. The van der Waals surface area contributed by atoms with Gasteiger partial charge in [0.05, 0.1) is 24.7 Å². The molecular formula is C21H32N2O3. The third kappa shape index (κ3) is 5.06. The van der Waals surface area contributed by atoms with E-state index in [1.165, 1.54) is 32.1 Å². The van der Waals surface area contributed by atoms with Gasteiger partial charge in [0.2, 0.25) is 5.91 Å². The van der Waals surface area contributed by atoms with Crippen molar-refractivity contribution in [2.45, 2.75) is 57.7 Å². The molecule has 1 aromatic rings. The van der Waals surface area contributed by atoms with Crippen LogP contribution in [0.1, 0.15) is 50.5 Å². The van der Waals surface area contributed by atoms with Gasteiger partial charge in [-0.25, -0.2) is 0 Å². The average molecular weight is 360 g/mol. The van der Waals surface area contributed by atoms with Crippen LogP contribution < -0.4 is 10.6 Å². The molecule has 5 heteroatoms. The molecule has 144 valence electrons. The molecule has 0 atom stereocenters. The molecule has 2 N–H and O–H groups in total. The maximum Gasteiger partial charge on any atom is 0.233 e. The molecule has 1 aromatic carbocycles. The molecule has 0 spiro atoms. The van der Waals surface area contributed by atoms with E-state index in [-0.39, 0.29) is 5.91 Å². The summed E-state index contributed by atoms with van der Waals surface area (Å²) in [6.07, 6.45) is 8.22. The zero-order valence-corrected chi connectivity index (χ0v) is 15.9. The predicted molar refractivity (Wildman–Crippen MR) is 103 cm³/mol. The molecule has 1 heterocycles. The second kappa shape index (κ2) is 9.49. The highest BCUT2D eigenvalue weighted by Gasteiger charge is 2.39. The van der Waals surface area contributed by atoms with Crippen LogP contribution in [-0.4, -0.2) is 38.8 Å². The van der Waals surface area contributed by atoms with Crippen molar-refractivity contribution in [2.75, 3.05) is 32.1 Å². The van der Waals surface area contributed by atoms with Crippen molar-refractivity contribution in [1.29, 1.82) is 0 Å². The lowest BCUT2D eigenvalue weighted by Gasteiger charge is -2.35. The van der Waals surface area contributed by atoms with E-state index >= 15 is 0 Å². The Balaban J connectivity index is 1.59. The van der Waals surface area contributed by atoms with Crippen molar-refractivity contribution >= 4 is 11.6 Å². The number of amides is 1. The lowest BCUT2D eigenvalue weighted by Crippen LogP contribution is -2.47. The van der Waals surface area contributed by atoms with Gasteiger partial charge in [-0.1, -0.05) is 31.4 Å². The van der Waals surface area contributed by atoms with Crippen LogP contribution in [0.4, 0.5) is 5.69 Å². The third-order valence-corrected chi connectivity index (χ3v) is 5.69. The smallest absolute Gasteiger partial charge is 0.233 e. The van der Waals surface area contributed by atoms with Gasteiger partial charge in [0.1, 0.15) is 0 Å². The van der Waals surface area contributed by atoms with Gasteiger partial charge >= 0.3 is 0 Å². The predicted octanol–water partition coefficient (Wildman–Crippen LogP) is 3.49. The molecule has 3 rings (SSSR count). The van der Waals surface area contributed by atoms with Gasteiger partial charge in [-0.15, -0.1) is 0 Å². The second-order valence-corrected chi connectivity index (χ2v) is 7.69. The zero-order chi connectivity index (χ0) is 18.2. The number of methoxy groups -OCH3 is 1. The molecular weight excluding hydrogens is 328 g/mol. The van der Waals surface area contributed by atoms with E-state index in [4.69, 9.17) is 9.47 Å². The summed E-state index contributed by atoms with van der Waals surface area (Å²) in [5.41, 5.74) is 1.52. The summed E-state index contributed by atoms with van der Waals surface area (Å²) >= 11 is 0. The summed E-state index contributed by atoms with van der Waals surface area (Å²) < 4.78 is 11.4. The first kappa shape index (κ1) is 19.3. The van der Waals surface area contributed by atoms with E-state index < -0.39 is 5.41 Å². The maximum absolute atomic E-state index is 12.9. The van der Waals surface area contributed by atoms with E-state index in [9.17, 15) is 4.79 Å². The summed E-state index contributed by atoms with van der Waals surface area (Å²) in [6, 6.07) is 8.03. The average Bonchev–Trinajstić information content (AvgIpc) is 2.68. The Bertz CT molecular complexity index is 573. The SMILES string of the molecule is COCC1(C(=O)Nc2cccc(COC3CCCCC3)c2)CCNCC1. The summed E-state index contributed by atoms with van der Waals surface area (Å²) in [6.45, 7) is 2.78. The van der Waals surface area contributed by atoms with Gasteiger partial charge < -0.3 is 20.1 Å². The van der Waals surface area contributed by atoms with Gasteiger partial charge in [0.15, 0.2) is 0 Å². The molecule has 0 aromatic heterocycles. The Morgan fingerprint density at radius 2 is 2.00 bits per heavy atom. The van der Waals surface area contributed by atoms with Crippen LogP contribution >= 0.6 is 0 Å². The second-order valence-electron chi connectivity index (χ2n) is 7.69. The van der Waals surface area contributed by atoms with Crippen LogP contribution in [0.5, 0.6) is 0 Å². The highest BCUT2D eigenvalue weighted by Crippen LogP contribution is 2.31. The van der Waals surface area contributed by atoms with E-state index in [1.807, 2.05) is 18.2 Å². The third-order valence-electron chi connectivity index (χ3n) is 5.69. The fraction of sp³-hybridized carbons (Fsp3) is 0.667. The van der Waals surface area contributed by atoms with Crippen molar-refractivity contribution in [3.05, 3.63) is 29.8 Å². The molecule has 1 amide bonds. The molecule has 2 aliphatic rings. The topological polar surface area (TPSA) is 59.6 Å². The van der Waals surface area contributed by atoms with Crippen molar-refractivity contribution in [1.82, 2.24) is 5.32 Å². The fourth-order valence-corrected chi connectivity index (χ4v) is 4.07. The van der Waals surface area contributed by atoms with E-state index in [0.717, 1.165) is 37.2 Å². The minimum absolute atomic E-state index is 0.0613. The van der Waals surface area contributed by atoms with Crippen molar-refractivity contribution in [3.63, 3.8) is 0 Å². The van der Waals surface area contributed by atoms with Gasteiger partial charge in [0.25, 0.3) is 0 Å². The van der Waals surface area contributed by atoms with Crippen LogP contribution in [-0.2, 0) is 20.9 Å². The Kier molecular flexibility index (Phi) is 7.06. The lowest BCUT2D eigenvalue weighted by atomic mass is 9.78. The number of ether oxygens (including phenoxy) is 2. The first-order valence-electron chi connectivity index (χ1n) is 9.93. The Morgan fingerprint density at radius 3 is 2.73 bits per heavy atom. The number of hydrogen-bond donors (Lipinski definition) is 2. The molecule has 5 nitrogen and oxygen atoms in total. The largest absolute Gasteiger partial charge is 0.384 e. The number of carbonyl (C=O) groups is 1. The number of carbonyl (C=O) groups excluding carboxylic acids is 1. The number of benzene rings is 1. The molecule has 0 unspecified atom stereocenters. The van der Waals surface area contributed by atoms with Crippen LogP contribution in [0.2, 0.25) is 0 Å². The monoisotopic (exact) mass is 360 g/mol. The zero-order valence-electron chi connectivity index (χ0n) is 15.9. The van der Waals surface area contributed by atoms with Crippen LogP contribution in [0, 0.1) is 5.41 Å². The summed E-state index contributed by atoms with van der Waals surface area (Å²) in [5.74, 6) is 0.0613. The first-order valence-corrected chi connectivity index (χ1v) is 9.93. The molecule has 1 saturated carbocycles. The van der Waals surface area contributed by atoms with E-state index in [1.54, 1.807) is 7.11 Å². The van der Waals surface area contributed by atoms with E-state index in [0.29, 0.717) is 19.3 Å². The van der Waals surface area contributed by atoms with Gasteiger partial charge in [-0.3, -0.25) is 4.79 Å². The molecule has 26 heavy (non-hydrogen) atoms. The highest BCUT2D eigenvalue weighted by molar-refractivity contribution is 5.95. The number of piperidine rings is 1. The minimum Gasteiger partial charge on any atom is -0.384 e. The fourth-order valence-electron chi connectivity index (χ4n) is 4.07. The van der Waals surface area contributed by atoms with Crippen LogP contribution in [0.3, 0.4) is 0 Å². The molecule has 1 aliphatic carbocycles. The van der Waals surface area contributed by atoms with Crippen LogP contribution in [0.25, 0.3) is 0 Å². The minimum atomic E-state index is -0.436. The maximum atomic E-state index is 12.9. The Hall–Kier alpha value is -1.43. The molecule has 0 bridgehead atoms. The lowest BCUT2D eigenvalue weighted by molar-refractivity contribution is -0.130. The van der Waals surface area contributed by atoms with Crippen molar-refractivity contribution in [2.24, 2.45) is 5.41 Å². The van der Waals surface area contributed by atoms with Gasteiger partial charge in [0, 0.05) is 12.8 Å². The summed E-state index contributed by atoms with van der Waals surface area (Å²) in [4.78, 5) is 12.9. The number of rotatable bonds is 7. The summed E-state index contributed by atoms with van der Waals surface area (Å²) in [5, 5.41) is 6.43. The Labute approximate surface area is 156 Å². The number of nitrogens with one attached hydrogen (secondary N) is 2. The normalized spacial score (nSPS) is 20.7. The van der Waals surface area contributed by atoms with Gasteiger partial charge in [-0.2, -0.15) is 0 Å². The van der Waals surface area contributed by atoms with Crippen molar-refractivity contribution in [3.8, 4) is 0 Å². The number of hydrogen-bond acceptors (Lipinski definition) is 4. The van der Waals surface area contributed by atoms with Gasteiger partial charge in [-0.05, 0) is 56.5 Å².